The molecule has 1 saturated heterocycles. The molecule has 0 saturated carbocycles. The van der Waals surface area contributed by atoms with E-state index >= 15 is 0 Å². The van der Waals surface area contributed by atoms with Gasteiger partial charge in [-0.15, -0.1) is 0 Å². The number of rotatable bonds is 6. The Morgan fingerprint density at radius 1 is 1.18 bits per heavy atom. The molecular weight excluding hydrogens is 350 g/mol. The van der Waals surface area contributed by atoms with Crippen LogP contribution in [0, 0.1) is 6.92 Å². The van der Waals surface area contributed by atoms with Gasteiger partial charge in [-0.05, 0) is 36.1 Å². The summed E-state index contributed by atoms with van der Waals surface area (Å²) in [7, 11) is 1.69. The lowest BCUT2D eigenvalue weighted by atomic mass is 9.98. The van der Waals surface area contributed by atoms with Crippen LogP contribution in [-0.2, 0) is 4.79 Å². The number of benzene rings is 2. The maximum atomic E-state index is 12.7. The Morgan fingerprint density at radius 3 is 2.57 bits per heavy atom. The number of carbonyl (C=O) groups excluding carboxylic acids is 1. The first-order valence-electron chi connectivity index (χ1n) is 10.1. The van der Waals surface area contributed by atoms with Crippen molar-refractivity contribution in [2.45, 2.75) is 26.7 Å². The van der Waals surface area contributed by atoms with Gasteiger partial charge < -0.3 is 19.9 Å². The van der Waals surface area contributed by atoms with Gasteiger partial charge in [-0.1, -0.05) is 38.1 Å². The molecule has 1 aliphatic heterocycles. The van der Waals surface area contributed by atoms with Crippen LogP contribution in [0.4, 0.5) is 11.4 Å². The van der Waals surface area contributed by atoms with Crippen molar-refractivity contribution in [3.8, 4) is 5.75 Å². The van der Waals surface area contributed by atoms with Crippen molar-refractivity contribution >= 4 is 17.3 Å². The summed E-state index contributed by atoms with van der Waals surface area (Å²) in [4.78, 5) is 16.4. The lowest BCUT2D eigenvalue weighted by molar-refractivity contribution is -0.892. The average molecular weight is 383 g/mol. The Hall–Kier alpha value is -2.53. The smallest absolute Gasteiger partial charge is 0.279 e. The predicted molar refractivity (Wildman–Crippen MR) is 115 cm³/mol. The molecule has 28 heavy (non-hydrogen) atoms. The second-order valence-electron chi connectivity index (χ2n) is 7.86. The number of amides is 1. The van der Waals surface area contributed by atoms with E-state index in [1.807, 2.05) is 12.1 Å². The summed E-state index contributed by atoms with van der Waals surface area (Å²) < 4.78 is 5.33. The van der Waals surface area contributed by atoms with Crippen molar-refractivity contribution < 1.29 is 14.4 Å². The summed E-state index contributed by atoms with van der Waals surface area (Å²) in [5.74, 6) is 1.36. The first kappa shape index (κ1) is 20.2. The average Bonchev–Trinajstić information content (AvgIpc) is 2.70. The molecule has 5 nitrogen and oxygen atoms in total. The number of hydrogen-bond donors (Lipinski definition) is 2. The number of ether oxygens (including phenoxy) is 1. The Kier molecular flexibility index (Phi) is 6.57. The van der Waals surface area contributed by atoms with Crippen LogP contribution in [0.2, 0.25) is 0 Å². The van der Waals surface area contributed by atoms with Gasteiger partial charge in [0.2, 0.25) is 0 Å². The molecule has 150 valence electrons. The number of carbonyl (C=O) groups is 1. The first-order chi connectivity index (χ1) is 13.5. The van der Waals surface area contributed by atoms with Crippen molar-refractivity contribution in [2.75, 3.05) is 50.1 Å². The summed E-state index contributed by atoms with van der Waals surface area (Å²) in [6.45, 7) is 10.7. The summed E-state index contributed by atoms with van der Waals surface area (Å²) in [6.07, 6.45) is 0. The normalized spacial score (nSPS) is 15.0. The highest BCUT2D eigenvalue weighted by Crippen LogP contribution is 2.27. The zero-order valence-corrected chi connectivity index (χ0v) is 17.4. The van der Waals surface area contributed by atoms with Crippen LogP contribution in [0.15, 0.2) is 42.5 Å². The second-order valence-corrected chi connectivity index (χ2v) is 7.86. The highest BCUT2D eigenvalue weighted by molar-refractivity contribution is 5.93. The van der Waals surface area contributed by atoms with E-state index in [1.165, 1.54) is 16.2 Å². The number of methoxy groups -OCH3 is 1. The molecule has 0 aromatic heterocycles. The van der Waals surface area contributed by atoms with Crippen molar-refractivity contribution in [2.24, 2.45) is 0 Å². The van der Waals surface area contributed by atoms with Crippen molar-refractivity contribution in [1.29, 1.82) is 0 Å². The SMILES string of the molecule is COc1cccc(N2CC[NH+](CC(=O)Nc3c(C)cccc3C(C)C)CC2)c1. The minimum atomic E-state index is 0.0982. The summed E-state index contributed by atoms with van der Waals surface area (Å²) in [5, 5.41) is 3.18. The van der Waals surface area contributed by atoms with Crippen molar-refractivity contribution in [3.05, 3.63) is 53.6 Å². The number of nitrogens with zero attached hydrogens (tertiary/aromatic N) is 1. The molecule has 0 bridgehead atoms. The number of anilines is 2. The summed E-state index contributed by atoms with van der Waals surface area (Å²) in [6, 6.07) is 14.4. The van der Waals surface area contributed by atoms with E-state index in [0.29, 0.717) is 12.5 Å². The molecule has 0 radical (unpaired) electrons. The fraction of sp³-hybridized carbons (Fsp3) is 0.435. The molecule has 0 unspecified atom stereocenters. The second kappa shape index (κ2) is 9.11. The summed E-state index contributed by atoms with van der Waals surface area (Å²) >= 11 is 0. The quantitative estimate of drug-likeness (QED) is 0.807. The predicted octanol–water partition coefficient (Wildman–Crippen LogP) is 2.47. The Bertz CT molecular complexity index is 811. The number of piperazine rings is 1. The van der Waals surface area contributed by atoms with Gasteiger partial charge in [-0.2, -0.15) is 0 Å². The van der Waals surface area contributed by atoms with Gasteiger partial charge in [-0.25, -0.2) is 0 Å². The van der Waals surface area contributed by atoms with E-state index in [-0.39, 0.29) is 5.91 Å². The molecule has 2 N–H and O–H groups in total. The third kappa shape index (κ3) is 4.84. The topological polar surface area (TPSA) is 46.0 Å². The third-order valence-electron chi connectivity index (χ3n) is 5.49. The highest BCUT2D eigenvalue weighted by Gasteiger charge is 2.23. The van der Waals surface area contributed by atoms with Gasteiger partial charge in [0.1, 0.15) is 5.75 Å². The molecule has 2 aromatic rings. The van der Waals surface area contributed by atoms with Crippen LogP contribution in [0.1, 0.15) is 30.9 Å². The molecule has 0 spiro atoms. The van der Waals surface area contributed by atoms with Crippen LogP contribution in [0.25, 0.3) is 0 Å². The molecule has 1 aliphatic rings. The van der Waals surface area contributed by atoms with E-state index < -0.39 is 0 Å². The Morgan fingerprint density at radius 2 is 1.89 bits per heavy atom. The van der Waals surface area contributed by atoms with E-state index in [2.05, 4.69) is 61.3 Å². The first-order valence-corrected chi connectivity index (χ1v) is 10.1. The van der Waals surface area contributed by atoms with Gasteiger partial charge in [0.15, 0.2) is 6.54 Å². The monoisotopic (exact) mass is 382 g/mol. The molecular formula is C23H32N3O2+. The van der Waals surface area contributed by atoms with E-state index in [1.54, 1.807) is 7.11 Å². The zero-order valence-electron chi connectivity index (χ0n) is 17.4. The maximum absolute atomic E-state index is 12.7. The number of aryl methyl sites for hydroxylation is 1. The molecule has 5 heteroatoms. The van der Waals surface area contributed by atoms with E-state index in [4.69, 9.17) is 4.74 Å². The van der Waals surface area contributed by atoms with E-state index in [0.717, 1.165) is 43.2 Å². The summed E-state index contributed by atoms with van der Waals surface area (Å²) in [5.41, 5.74) is 4.49. The lowest BCUT2D eigenvalue weighted by Crippen LogP contribution is -3.15. The lowest BCUT2D eigenvalue weighted by Gasteiger charge is -2.33. The van der Waals surface area contributed by atoms with Gasteiger partial charge in [0.05, 0.1) is 33.3 Å². The highest BCUT2D eigenvalue weighted by atomic mass is 16.5. The number of hydrogen-bond acceptors (Lipinski definition) is 3. The van der Waals surface area contributed by atoms with Crippen LogP contribution >= 0.6 is 0 Å². The fourth-order valence-corrected chi connectivity index (χ4v) is 3.82. The Labute approximate surface area is 168 Å². The fourth-order valence-electron chi connectivity index (χ4n) is 3.82. The minimum absolute atomic E-state index is 0.0982. The van der Waals surface area contributed by atoms with Gasteiger partial charge in [-0.3, -0.25) is 4.79 Å². The van der Waals surface area contributed by atoms with Gasteiger partial charge >= 0.3 is 0 Å². The zero-order chi connectivity index (χ0) is 20.1. The number of nitrogens with one attached hydrogen (secondary N) is 2. The molecule has 0 atom stereocenters. The minimum Gasteiger partial charge on any atom is -0.497 e. The maximum Gasteiger partial charge on any atom is 0.279 e. The van der Waals surface area contributed by atoms with Gasteiger partial charge in [0, 0.05) is 17.4 Å². The standard InChI is InChI=1S/C23H31N3O2/c1-17(2)21-10-5-7-18(3)23(21)24-22(27)16-25-11-13-26(14-12-25)19-8-6-9-20(15-19)28-4/h5-10,15,17H,11-14,16H2,1-4H3,(H,24,27)/p+1. The van der Waals surface area contributed by atoms with Crippen molar-refractivity contribution in [3.63, 3.8) is 0 Å². The molecule has 1 amide bonds. The molecule has 3 rings (SSSR count). The molecule has 1 fully saturated rings. The van der Waals surface area contributed by atoms with Crippen LogP contribution in [0.3, 0.4) is 0 Å². The molecule has 2 aromatic carbocycles. The van der Waals surface area contributed by atoms with Crippen LogP contribution in [-0.4, -0.2) is 45.7 Å². The Balaban J connectivity index is 1.56. The van der Waals surface area contributed by atoms with Crippen molar-refractivity contribution in [1.82, 2.24) is 0 Å². The third-order valence-corrected chi connectivity index (χ3v) is 5.49. The molecule has 1 heterocycles. The van der Waals surface area contributed by atoms with Crippen LogP contribution < -0.4 is 19.9 Å². The van der Waals surface area contributed by atoms with Gasteiger partial charge in [0.25, 0.3) is 5.91 Å². The van der Waals surface area contributed by atoms with Crippen LogP contribution in [0.5, 0.6) is 5.75 Å². The molecule has 0 aliphatic carbocycles. The van der Waals surface area contributed by atoms with E-state index in [9.17, 15) is 4.79 Å². The number of para-hydroxylation sites is 1. The number of quaternary nitrogens is 1. The largest absolute Gasteiger partial charge is 0.497 e.